The van der Waals surface area contributed by atoms with Gasteiger partial charge in [0.2, 0.25) is 0 Å². The van der Waals surface area contributed by atoms with E-state index in [2.05, 4.69) is 31.2 Å². The average Bonchev–Trinajstić information content (AvgIpc) is 2.52. The molecule has 0 bridgehead atoms. The molecule has 0 radical (unpaired) electrons. The smallest absolute Gasteiger partial charge is 0.409 e. The Hall–Kier alpha value is -1.55. The van der Waals surface area contributed by atoms with E-state index in [1.54, 1.807) is 4.90 Å². The summed E-state index contributed by atoms with van der Waals surface area (Å²) in [6.45, 7) is 3.62. The lowest BCUT2D eigenvalue weighted by atomic mass is 9.90. The summed E-state index contributed by atoms with van der Waals surface area (Å²) < 4.78 is 4.94. The van der Waals surface area contributed by atoms with Gasteiger partial charge in [0.1, 0.15) is 6.61 Å². The van der Waals surface area contributed by atoms with Crippen molar-refractivity contribution in [2.75, 3.05) is 26.3 Å². The molecule has 1 saturated heterocycles. The molecule has 4 nitrogen and oxygen atoms in total. The van der Waals surface area contributed by atoms with Gasteiger partial charge in [-0.3, -0.25) is 0 Å². The van der Waals surface area contributed by atoms with Gasteiger partial charge in [0.25, 0.3) is 0 Å². The Balaban J connectivity index is 1.69. The van der Waals surface area contributed by atoms with Crippen molar-refractivity contribution in [1.29, 1.82) is 0 Å². The van der Waals surface area contributed by atoms with Crippen LogP contribution < -0.4 is 0 Å². The minimum atomic E-state index is -0.291. The van der Waals surface area contributed by atoms with E-state index in [4.69, 9.17) is 9.84 Å². The molecule has 1 heterocycles. The molecule has 2 rings (SSSR count). The van der Waals surface area contributed by atoms with Crippen LogP contribution in [0.5, 0.6) is 0 Å². The fraction of sp³-hybridized carbons (Fsp3) is 0.588. The molecule has 0 aromatic heterocycles. The summed E-state index contributed by atoms with van der Waals surface area (Å²) in [6.07, 6.45) is 4.09. The molecule has 116 valence electrons. The third-order valence-corrected chi connectivity index (χ3v) is 4.15. The number of nitrogens with zero attached hydrogens (tertiary/aromatic N) is 1. The Labute approximate surface area is 126 Å². The minimum Gasteiger partial charge on any atom is -0.447 e. The van der Waals surface area contributed by atoms with E-state index in [0.717, 1.165) is 32.4 Å². The van der Waals surface area contributed by atoms with Crippen LogP contribution in [0.3, 0.4) is 0 Å². The number of piperidine rings is 1. The summed E-state index contributed by atoms with van der Waals surface area (Å²) >= 11 is 0. The van der Waals surface area contributed by atoms with Crippen LogP contribution >= 0.6 is 0 Å². The Morgan fingerprint density at radius 3 is 2.57 bits per heavy atom. The van der Waals surface area contributed by atoms with Gasteiger partial charge in [0.15, 0.2) is 0 Å². The number of hydrogen-bond acceptors (Lipinski definition) is 3. The quantitative estimate of drug-likeness (QED) is 0.907. The van der Waals surface area contributed by atoms with Crippen LogP contribution in [-0.4, -0.2) is 42.4 Å². The highest BCUT2D eigenvalue weighted by molar-refractivity contribution is 5.67. The summed E-state index contributed by atoms with van der Waals surface area (Å²) in [5.74, 6) is 0.688. The molecule has 4 heteroatoms. The monoisotopic (exact) mass is 291 g/mol. The first-order chi connectivity index (χ1) is 10.2. The number of carbonyl (C=O) groups excluding carboxylic acids is 1. The zero-order valence-corrected chi connectivity index (χ0v) is 12.8. The van der Waals surface area contributed by atoms with Gasteiger partial charge in [0.05, 0.1) is 6.61 Å². The minimum absolute atomic E-state index is 0.0895. The lowest BCUT2D eigenvalue weighted by molar-refractivity contribution is 0.0723. The standard InChI is InChI=1S/C17H25NO3/c1-14-2-4-15(5-3-14)6-7-16-8-10-18(11-9-16)17(20)21-13-12-19/h2-5,16,19H,6-13H2,1H3. The van der Waals surface area contributed by atoms with Crippen LogP contribution in [0.25, 0.3) is 0 Å². The molecule has 1 aliphatic heterocycles. The van der Waals surface area contributed by atoms with E-state index >= 15 is 0 Å². The molecule has 0 aliphatic carbocycles. The second kappa shape index (κ2) is 8.03. The second-order valence-electron chi connectivity index (χ2n) is 5.79. The SMILES string of the molecule is Cc1ccc(CCC2CCN(C(=O)OCCO)CC2)cc1. The van der Waals surface area contributed by atoms with Crippen LogP contribution in [0, 0.1) is 12.8 Å². The van der Waals surface area contributed by atoms with Crippen LogP contribution in [0.4, 0.5) is 4.79 Å². The van der Waals surface area contributed by atoms with E-state index < -0.39 is 0 Å². The molecule has 21 heavy (non-hydrogen) atoms. The number of aliphatic hydroxyl groups excluding tert-OH is 1. The highest BCUT2D eigenvalue weighted by Gasteiger charge is 2.23. The second-order valence-corrected chi connectivity index (χ2v) is 5.79. The molecule has 0 saturated carbocycles. The van der Waals surface area contributed by atoms with Crippen LogP contribution in [0.1, 0.15) is 30.4 Å². The molecule has 0 atom stereocenters. The molecule has 1 aromatic rings. The van der Waals surface area contributed by atoms with Gasteiger partial charge >= 0.3 is 6.09 Å². The topological polar surface area (TPSA) is 49.8 Å². The number of aryl methyl sites for hydroxylation is 2. The van der Waals surface area contributed by atoms with Crippen molar-refractivity contribution in [3.8, 4) is 0 Å². The number of aliphatic hydroxyl groups is 1. The van der Waals surface area contributed by atoms with Crippen molar-refractivity contribution >= 4 is 6.09 Å². The molecule has 1 aromatic carbocycles. The third kappa shape index (κ3) is 5.05. The molecule has 0 spiro atoms. The molecule has 1 N–H and O–H groups in total. The number of ether oxygens (including phenoxy) is 1. The predicted molar refractivity (Wildman–Crippen MR) is 82.2 cm³/mol. The highest BCUT2D eigenvalue weighted by atomic mass is 16.6. The number of rotatable bonds is 5. The molecule has 1 fully saturated rings. The van der Waals surface area contributed by atoms with Gasteiger partial charge in [-0.2, -0.15) is 0 Å². The highest BCUT2D eigenvalue weighted by Crippen LogP contribution is 2.23. The lowest BCUT2D eigenvalue weighted by Gasteiger charge is -2.31. The predicted octanol–water partition coefficient (Wildman–Crippen LogP) is 2.77. The number of benzene rings is 1. The third-order valence-electron chi connectivity index (χ3n) is 4.15. The zero-order valence-electron chi connectivity index (χ0n) is 12.8. The maximum Gasteiger partial charge on any atom is 0.409 e. The normalized spacial score (nSPS) is 16.0. The summed E-state index contributed by atoms with van der Waals surface area (Å²) in [4.78, 5) is 13.4. The Kier molecular flexibility index (Phi) is 6.05. The first-order valence-corrected chi connectivity index (χ1v) is 7.77. The Bertz CT molecular complexity index is 436. The van der Waals surface area contributed by atoms with Crippen LogP contribution in [0.15, 0.2) is 24.3 Å². The van der Waals surface area contributed by atoms with Gasteiger partial charge in [-0.1, -0.05) is 29.8 Å². The van der Waals surface area contributed by atoms with Gasteiger partial charge in [-0.25, -0.2) is 4.79 Å². The number of hydrogen-bond donors (Lipinski definition) is 1. The van der Waals surface area contributed by atoms with Crippen molar-refractivity contribution in [3.05, 3.63) is 35.4 Å². The summed E-state index contributed by atoms with van der Waals surface area (Å²) in [7, 11) is 0. The van der Waals surface area contributed by atoms with Crippen molar-refractivity contribution in [3.63, 3.8) is 0 Å². The largest absolute Gasteiger partial charge is 0.447 e. The van der Waals surface area contributed by atoms with Crippen molar-refractivity contribution in [2.45, 2.75) is 32.6 Å². The molecular formula is C17H25NO3. The maximum absolute atomic E-state index is 11.7. The summed E-state index contributed by atoms with van der Waals surface area (Å²) in [6, 6.07) is 8.73. The van der Waals surface area contributed by atoms with Crippen molar-refractivity contribution in [2.24, 2.45) is 5.92 Å². The van der Waals surface area contributed by atoms with E-state index in [1.807, 2.05) is 0 Å². The van der Waals surface area contributed by atoms with E-state index in [1.165, 1.54) is 17.5 Å². The van der Waals surface area contributed by atoms with E-state index in [-0.39, 0.29) is 19.3 Å². The fourth-order valence-electron chi connectivity index (χ4n) is 2.75. The van der Waals surface area contributed by atoms with Gasteiger partial charge in [-0.05, 0) is 44.1 Å². The number of carbonyl (C=O) groups is 1. The first-order valence-electron chi connectivity index (χ1n) is 7.77. The maximum atomic E-state index is 11.7. The zero-order chi connectivity index (χ0) is 15.1. The van der Waals surface area contributed by atoms with E-state index in [0.29, 0.717) is 5.92 Å². The fourth-order valence-corrected chi connectivity index (χ4v) is 2.75. The number of amides is 1. The van der Waals surface area contributed by atoms with Gasteiger partial charge in [0, 0.05) is 13.1 Å². The summed E-state index contributed by atoms with van der Waals surface area (Å²) in [5, 5.41) is 8.66. The van der Waals surface area contributed by atoms with Gasteiger partial charge < -0.3 is 14.7 Å². The molecular weight excluding hydrogens is 266 g/mol. The number of likely N-dealkylation sites (tertiary alicyclic amines) is 1. The lowest BCUT2D eigenvalue weighted by Crippen LogP contribution is -2.39. The van der Waals surface area contributed by atoms with Crippen LogP contribution in [0.2, 0.25) is 0 Å². The molecule has 1 amide bonds. The first kappa shape index (κ1) is 15.8. The molecule has 0 unspecified atom stereocenters. The Morgan fingerprint density at radius 1 is 1.29 bits per heavy atom. The Morgan fingerprint density at radius 2 is 1.95 bits per heavy atom. The van der Waals surface area contributed by atoms with E-state index in [9.17, 15) is 4.79 Å². The van der Waals surface area contributed by atoms with Crippen molar-refractivity contribution in [1.82, 2.24) is 4.90 Å². The summed E-state index contributed by atoms with van der Waals surface area (Å²) in [5.41, 5.74) is 2.69. The van der Waals surface area contributed by atoms with Crippen LogP contribution in [-0.2, 0) is 11.2 Å². The van der Waals surface area contributed by atoms with Gasteiger partial charge in [-0.15, -0.1) is 0 Å². The van der Waals surface area contributed by atoms with Crippen molar-refractivity contribution < 1.29 is 14.6 Å². The molecule has 1 aliphatic rings. The average molecular weight is 291 g/mol.